The fourth-order valence-electron chi connectivity index (χ4n) is 1.43. The van der Waals surface area contributed by atoms with E-state index in [1.54, 1.807) is 11.3 Å². The van der Waals surface area contributed by atoms with E-state index in [1.165, 1.54) is 4.88 Å². The largest absolute Gasteiger partial charge is 0.336 e. The molecule has 16 heavy (non-hydrogen) atoms. The summed E-state index contributed by atoms with van der Waals surface area (Å²) in [6.45, 7) is 7.31. The van der Waals surface area contributed by atoms with Gasteiger partial charge in [-0.1, -0.05) is 19.9 Å². The number of carbonyl (C=O) groups excluding carboxylic acids is 1. The second-order valence-electron chi connectivity index (χ2n) is 4.20. The van der Waals surface area contributed by atoms with Gasteiger partial charge in [0.15, 0.2) is 0 Å². The zero-order valence-corrected chi connectivity index (χ0v) is 11.0. The first-order valence-electron chi connectivity index (χ1n) is 5.63. The molecule has 0 radical (unpaired) electrons. The van der Waals surface area contributed by atoms with Crippen molar-refractivity contribution in [3.05, 3.63) is 22.4 Å². The van der Waals surface area contributed by atoms with Crippen LogP contribution in [0.1, 0.15) is 25.6 Å². The van der Waals surface area contributed by atoms with Crippen molar-refractivity contribution >= 4 is 17.2 Å². The Kier molecular flexibility index (Phi) is 4.96. The molecule has 0 fully saturated rings. The Labute approximate surface area is 101 Å². The highest BCUT2D eigenvalue weighted by Crippen LogP contribution is 2.13. The van der Waals surface area contributed by atoms with Gasteiger partial charge >= 0.3 is 0 Å². The van der Waals surface area contributed by atoms with Crippen LogP contribution in [-0.4, -0.2) is 23.4 Å². The Morgan fingerprint density at radius 1 is 1.56 bits per heavy atom. The van der Waals surface area contributed by atoms with Crippen molar-refractivity contribution in [2.45, 2.75) is 33.4 Å². The van der Waals surface area contributed by atoms with Gasteiger partial charge in [-0.05, 0) is 24.3 Å². The predicted octanol–water partition coefficient (Wildman–Crippen LogP) is 2.08. The molecule has 0 aliphatic rings. The molecular formula is C12H20N2OS. The minimum atomic E-state index is -0.389. The summed E-state index contributed by atoms with van der Waals surface area (Å²) in [5, 5.41) is 2.02. The summed E-state index contributed by atoms with van der Waals surface area (Å²) in [5.74, 6) is 0.232. The van der Waals surface area contributed by atoms with Crippen LogP contribution in [0.2, 0.25) is 0 Å². The zero-order chi connectivity index (χ0) is 12.1. The number of likely N-dealkylation sites (N-methyl/N-ethyl adjacent to an activating group) is 1. The van der Waals surface area contributed by atoms with E-state index in [1.807, 2.05) is 43.2 Å². The molecule has 0 spiro atoms. The number of nitrogens with zero attached hydrogens (tertiary/aromatic N) is 1. The van der Waals surface area contributed by atoms with Gasteiger partial charge < -0.3 is 10.6 Å². The van der Waals surface area contributed by atoms with Crippen molar-refractivity contribution < 1.29 is 4.79 Å². The Balaban J connectivity index is 2.64. The summed E-state index contributed by atoms with van der Waals surface area (Å²) in [6, 6.07) is 3.65. The van der Waals surface area contributed by atoms with Crippen LogP contribution in [-0.2, 0) is 11.3 Å². The summed E-state index contributed by atoms with van der Waals surface area (Å²) in [7, 11) is 0. The van der Waals surface area contributed by atoms with Crippen LogP contribution < -0.4 is 5.73 Å². The molecule has 0 aliphatic heterocycles. The van der Waals surface area contributed by atoms with Gasteiger partial charge in [0.2, 0.25) is 5.91 Å². The maximum atomic E-state index is 12.0. The van der Waals surface area contributed by atoms with Crippen molar-refractivity contribution in [3.63, 3.8) is 0 Å². The normalized spacial score (nSPS) is 12.8. The van der Waals surface area contributed by atoms with Gasteiger partial charge in [0.25, 0.3) is 0 Å². The van der Waals surface area contributed by atoms with Gasteiger partial charge in [0.1, 0.15) is 0 Å². The third-order valence-corrected chi connectivity index (χ3v) is 3.48. The fraction of sp³-hybridized carbons (Fsp3) is 0.583. The van der Waals surface area contributed by atoms with Gasteiger partial charge in [-0.15, -0.1) is 11.3 Å². The molecule has 90 valence electrons. The molecule has 1 amide bonds. The third kappa shape index (κ3) is 3.32. The molecule has 1 atom stereocenters. The monoisotopic (exact) mass is 240 g/mol. The number of carbonyl (C=O) groups is 1. The van der Waals surface area contributed by atoms with E-state index in [9.17, 15) is 4.79 Å². The van der Waals surface area contributed by atoms with E-state index in [-0.39, 0.29) is 17.9 Å². The molecule has 1 aromatic rings. The Morgan fingerprint density at radius 3 is 2.69 bits per heavy atom. The van der Waals surface area contributed by atoms with E-state index in [0.717, 1.165) is 0 Å². The molecule has 2 N–H and O–H groups in total. The average molecular weight is 240 g/mol. The molecule has 0 aliphatic carbocycles. The van der Waals surface area contributed by atoms with E-state index < -0.39 is 0 Å². The lowest BCUT2D eigenvalue weighted by molar-refractivity contribution is -0.133. The lowest BCUT2D eigenvalue weighted by Gasteiger charge is -2.25. The summed E-state index contributed by atoms with van der Waals surface area (Å²) >= 11 is 1.67. The first-order chi connectivity index (χ1) is 7.56. The number of rotatable bonds is 5. The molecule has 0 bridgehead atoms. The molecule has 1 rings (SSSR count). The van der Waals surface area contributed by atoms with Crippen molar-refractivity contribution in [1.29, 1.82) is 0 Å². The van der Waals surface area contributed by atoms with Crippen molar-refractivity contribution in [3.8, 4) is 0 Å². The first-order valence-corrected chi connectivity index (χ1v) is 6.51. The summed E-state index contributed by atoms with van der Waals surface area (Å²) in [5.41, 5.74) is 5.88. The summed E-state index contributed by atoms with van der Waals surface area (Å²) in [4.78, 5) is 15.1. The van der Waals surface area contributed by atoms with Crippen molar-refractivity contribution in [1.82, 2.24) is 4.90 Å². The average Bonchev–Trinajstić information content (AvgIpc) is 2.76. The van der Waals surface area contributed by atoms with Crippen LogP contribution in [0.15, 0.2) is 17.5 Å². The second-order valence-corrected chi connectivity index (χ2v) is 5.23. The summed E-state index contributed by atoms with van der Waals surface area (Å²) in [6.07, 6.45) is 0. The molecule has 0 unspecified atom stereocenters. The maximum absolute atomic E-state index is 12.0. The van der Waals surface area contributed by atoms with Crippen LogP contribution in [0, 0.1) is 5.92 Å². The number of hydrogen-bond acceptors (Lipinski definition) is 3. The van der Waals surface area contributed by atoms with Gasteiger partial charge in [0, 0.05) is 11.4 Å². The second kappa shape index (κ2) is 6.01. The molecule has 0 saturated carbocycles. The standard InChI is InChI=1S/C12H20N2OS/c1-4-14(8-10-6-5-7-16-10)12(15)11(13)9(2)3/h5-7,9,11H,4,8,13H2,1-3H3/t11-/m0/s1. The minimum absolute atomic E-state index is 0.0471. The van der Waals surface area contributed by atoms with Crippen LogP contribution in [0.3, 0.4) is 0 Å². The topological polar surface area (TPSA) is 46.3 Å². The van der Waals surface area contributed by atoms with Crippen LogP contribution in [0.25, 0.3) is 0 Å². The minimum Gasteiger partial charge on any atom is -0.336 e. The SMILES string of the molecule is CCN(Cc1cccs1)C(=O)[C@@H](N)C(C)C. The predicted molar refractivity (Wildman–Crippen MR) is 68.2 cm³/mol. The number of hydrogen-bond donors (Lipinski definition) is 1. The van der Waals surface area contributed by atoms with Crippen molar-refractivity contribution in [2.75, 3.05) is 6.54 Å². The van der Waals surface area contributed by atoms with Crippen LogP contribution >= 0.6 is 11.3 Å². The first kappa shape index (κ1) is 13.2. The van der Waals surface area contributed by atoms with Gasteiger partial charge in [-0.2, -0.15) is 0 Å². The lowest BCUT2D eigenvalue weighted by atomic mass is 10.0. The quantitative estimate of drug-likeness (QED) is 0.856. The Hall–Kier alpha value is -0.870. The van der Waals surface area contributed by atoms with Gasteiger partial charge in [-0.3, -0.25) is 4.79 Å². The van der Waals surface area contributed by atoms with Crippen LogP contribution in [0.5, 0.6) is 0 Å². The summed E-state index contributed by atoms with van der Waals surface area (Å²) < 4.78 is 0. The van der Waals surface area contributed by atoms with E-state index in [4.69, 9.17) is 5.73 Å². The molecular weight excluding hydrogens is 220 g/mol. The zero-order valence-electron chi connectivity index (χ0n) is 10.1. The molecule has 1 aromatic heterocycles. The van der Waals surface area contributed by atoms with E-state index in [0.29, 0.717) is 13.1 Å². The van der Waals surface area contributed by atoms with Crippen molar-refractivity contribution in [2.24, 2.45) is 11.7 Å². The number of nitrogens with two attached hydrogens (primary N) is 1. The molecule has 1 heterocycles. The molecule has 3 nitrogen and oxygen atoms in total. The third-order valence-electron chi connectivity index (χ3n) is 2.62. The highest BCUT2D eigenvalue weighted by atomic mass is 32.1. The maximum Gasteiger partial charge on any atom is 0.240 e. The smallest absolute Gasteiger partial charge is 0.240 e. The number of amides is 1. The Morgan fingerprint density at radius 2 is 2.25 bits per heavy atom. The van der Waals surface area contributed by atoms with Gasteiger partial charge in [-0.25, -0.2) is 0 Å². The van der Waals surface area contributed by atoms with Gasteiger partial charge in [0.05, 0.1) is 12.6 Å². The lowest BCUT2D eigenvalue weighted by Crippen LogP contribution is -2.46. The Bertz CT molecular complexity index is 322. The van der Waals surface area contributed by atoms with Crippen LogP contribution in [0.4, 0.5) is 0 Å². The highest BCUT2D eigenvalue weighted by Gasteiger charge is 2.22. The van der Waals surface area contributed by atoms with E-state index >= 15 is 0 Å². The molecule has 4 heteroatoms. The van der Waals surface area contributed by atoms with E-state index in [2.05, 4.69) is 0 Å². The highest BCUT2D eigenvalue weighted by molar-refractivity contribution is 7.09. The number of thiophene rings is 1. The molecule has 0 saturated heterocycles. The molecule has 0 aromatic carbocycles. The fourth-order valence-corrected chi connectivity index (χ4v) is 2.15.